The van der Waals surface area contributed by atoms with Crippen molar-refractivity contribution >= 4 is 30.3 Å². The minimum absolute atomic E-state index is 0.144. The van der Waals surface area contributed by atoms with Crippen LogP contribution in [0, 0.1) is 0 Å². The highest BCUT2D eigenvalue weighted by Crippen LogP contribution is 2.08. The molecule has 13 heteroatoms. The number of Topliss-reactive ketones (excluding diaryl/α,β-unsaturated/α-hetero) is 1. The first kappa shape index (κ1) is 38.2. The average molecular weight is 523 g/mol. The maximum absolute atomic E-state index is 11.8. The fourth-order valence-electron chi connectivity index (χ4n) is 3.43. The summed E-state index contributed by atoms with van der Waals surface area (Å²) in [7, 11) is 2.00. The number of ketones is 1. The Labute approximate surface area is 214 Å². The van der Waals surface area contributed by atoms with Gasteiger partial charge < -0.3 is 30.0 Å². The number of aldehydes is 2. The SMILES string of the molecule is CC.CC(=O)CC(C(=O)O)N1CCN(CC=O)CCN(CC=O)CCN(CC(=O)O)CC1.CO.CO. The molecule has 4 N–H and O–H groups in total. The molecule has 0 amide bonds. The molecule has 13 nitrogen and oxygen atoms in total. The molecule has 1 atom stereocenters. The molecule has 1 saturated heterocycles. The molecule has 0 bridgehead atoms. The second-order valence-corrected chi connectivity index (χ2v) is 7.40. The van der Waals surface area contributed by atoms with E-state index < -0.39 is 18.0 Å². The molecule has 1 aliphatic rings. The fraction of sp³-hybridized carbons (Fsp3) is 0.783. The quantitative estimate of drug-likeness (QED) is 0.240. The molecule has 0 aromatic carbocycles. The van der Waals surface area contributed by atoms with Gasteiger partial charge in [0.1, 0.15) is 24.4 Å². The lowest BCUT2D eigenvalue weighted by atomic mass is 10.1. The van der Waals surface area contributed by atoms with Crippen molar-refractivity contribution in [3.63, 3.8) is 0 Å². The predicted molar refractivity (Wildman–Crippen MR) is 135 cm³/mol. The van der Waals surface area contributed by atoms with Crippen molar-refractivity contribution in [1.29, 1.82) is 0 Å². The van der Waals surface area contributed by atoms with E-state index in [2.05, 4.69) is 0 Å². The molecule has 0 aromatic rings. The van der Waals surface area contributed by atoms with Crippen LogP contribution in [0.3, 0.4) is 0 Å². The minimum Gasteiger partial charge on any atom is -0.480 e. The minimum atomic E-state index is -1.11. The summed E-state index contributed by atoms with van der Waals surface area (Å²) in [6, 6.07) is -1.01. The standard InChI is InChI=1S/C19H32N4O7.C2H6.2CH4O/c1-16(26)14-17(19(29)30)23-8-6-21(11-13-25)3-2-20(10-12-24)4-5-22(7-9-23)15-18(27)28;3*1-2/h12-13,17H,2-11,14-15H2,1H3,(H,27,28)(H,29,30);1-2H3;2*2H,1H3. The first-order valence-electron chi connectivity index (χ1n) is 11.9. The highest BCUT2D eigenvalue weighted by Gasteiger charge is 2.28. The Morgan fingerprint density at radius 2 is 1.08 bits per heavy atom. The number of carboxylic acids is 2. The summed E-state index contributed by atoms with van der Waals surface area (Å²) in [4.78, 5) is 63.8. The van der Waals surface area contributed by atoms with E-state index in [0.29, 0.717) is 45.8 Å². The molecule has 36 heavy (non-hydrogen) atoms. The van der Waals surface area contributed by atoms with Crippen molar-refractivity contribution in [2.75, 3.05) is 86.2 Å². The lowest BCUT2D eigenvalue weighted by Gasteiger charge is -2.35. The topological polar surface area (TPSA) is 179 Å². The van der Waals surface area contributed by atoms with Crippen molar-refractivity contribution in [2.45, 2.75) is 33.2 Å². The summed E-state index contributed by atoms with van der Waals surface area (Å²) < 4.78 is 0. The van der Waals surface area contributed by atoms with Crippen LogP contribution in [0.4, 0.5) is 0 Å². The molecule has 0 radical (unpaired) electrons. The summed E-state index contributed by atoms with van der Waals surface area (Å²) in [6.45, 7) is 8.70. The molecule has 0 spiro atoms. The Balaban J connectivity index is -0.00000168. The average Bonchev–Trinajstić information content (AvgIpc) is 2.86. The van der Waals surface area contributed by atoms with Crippen molar-refractivity contribution in [3.05, 3.63) is 0 Å². The van der Waals surface area contributed by atoms with E-state index in [0.717, 1.165) is 26.8 Å². The maximum Gasteiger partial charge on any atom is 0.321 e. The number of nitrogens with zero attached hydrogens (tertiary/aromatic N) is 4. The molecular formula is C23H46N4O9. The van der Waals surface area contributed by atoms with E-state index in [4.69, 9.17) is 10.2 Å². The molecule has 0 aromatic heterocycles. The summed E-state index contributed by atoms with van der Waals surface area (Å²) in [6.07, 6.45) is 1.42. The van der Waals surface area contributed by atoms with Gasteiger partial charge in [0, 0.05) is 73.0 Å². The first-order chi connectivity index (χ1) is 17.3. The largest absolute Gasteiger partial charge is 0.480 e. The van der Waals surface area contributed by atoms with Crippen molar-refractivity contribution in [3.8, 4) is 0 Å². The zero-order valence-electron chi connectivity index (χ0n) is 22.3. The van der Waals surface area contributed by atoms with E-state index in [9.17, 15) is 34.2 Å². The van der Waals surface area contributed by atoms with Crippen LogP contribution in [-0.4, -0.2) is 163 Å². The number of aliphatic hydroxyl groups is 2. The van der Waals surface area contributed by atoms with Crippen LogP contribution in [0.25, 0.3) is 0 Å². The van der Waals surface area contributed by atoms with Gasteiger partial charge in [-0.3, -0.25) is 34.0 Å². The molecule has 0 saturated carbocycles. The third-order valence-corrected chi connectivity index (χ3v) is 5.10. The second kappa shape index (κ2) is 25.8. The van der Waals surface area contributed by atoms with Crippen LogP contribution in [-0.2, 0) is 24.0 Å². The second-order valence-electron chi connectivity index (χ2n) is 7.40. The van der Waals surface area contributed by atoms with E-state index in [1.54, 1.807) is 9.80 Å². The highest BCUT2D eigenvalue weighted by molar-refractivity contribution is 5.84. The predicted octanol–water partition coefficient (Wildman–Crippen LogP) is -1.63. The lowest BCUT2D eigenvalue weighted by molar-refractivity contribution is -0.146. The van der Waals surface area contributed by atoms with Crippen molar-refractivity contribution in [1.82, 2.24) is 19.6 Å². The summed E-state index contributed by atoms with van der Waals surface area (Å²) in [5.41, 5.74) is 0. The van der Waals surface area contributed by atoms with Gasteiger partial charge in [-0.2, -0.15) is 0 Å². The van der Waals surface area contributed by atoms with E-state index in [-0.39, 0.29) is 38.4 Å². The number of carbonyl (C=O) groups excluding carboxylic acids is 3. The normalized spacial score (nSPS) is 17.1. The highest BCUT2D eigenvalue weighted by atomic mass is 16.4. The third-order valence-electron chi connectivity index (χ3n) is 5.10. The van der Waals surface area contributed by atoms with Crippen LogP contribution in [0.5, 0.6) is 0 Å². The third kappa shape index (κ3) is 19.0. The molecule has 1 rings (SSSR count). The van der Waals surface area contributed by atoms with Gasteiger partial charge in [-0.05, 0) is 6.92 Å². The van der Waals surface area contributed by atoms with Gasteiger partial charge in [-0.15, -0.1) is 0 Å². The number of aliphatic hydroxyl groups excluding tert-OH is 2. The maximum atomic E-state index is 11.8. The fourth-order valence-corrected chi connectivity index (χ4v) is 3.43. The molecule has 0 aliphatic carbocycles. The van der Waals surface area contributed by atoms with E-state index >= 15 is 0 Å². The van der Waals surface area contributed by atoms with Crippen molar-refractivity contribution < 1.29 is 44.4 Å². The van der Waals surface area contributed by atoms with Gasteiger partial charge in [-0.1, -0.05) is 13.8 Å². The Bertz CT molecular complexity index is 608. The van der Waals surface area contributed by atoms with Crippen LogP contribution in [0.2, 0.25) is 0 Å². The van der Waals surface area contributed by atoms with Gasteiger partial charge in [0.15, 0.2) is 0 Å². The van der Waals surface area contributed by atoms with E-state index in [1.807, 2.05) is 23.6 Å². The van der Waals surface area contributed by atoms with Crippen LogP contribution >= 0.6 is 0 Å². The monoisotopic (exact) mass is 522 g/mol. The number of carbonyl (C=O) groups is 5. The molecule has 1 heterocycles. The van der Waals surface area contributed by atoms with Crippen LogP contribution in [0.15, 0.2) is 0 Å². The summed E-state index contributed by atoms with van der Waals surface area (Å²) >= 11 is 0. The smallest absolute Gasteiger partial charge is 0.321 e. The van der Waals surface area contributed by atoms with Gasteiger partial charge in [-0.25, -0.2) is 0 Å². The lowest BCUT2D eigenvalue weighted by Crippen LogP contribution is -2.51. The first-order valence-corrected chi connectivity index (χ1v) is 11.9. The zero-order valence-corrected chi connectivity index (χ0v) is 22.3. The molecule has 1 unspecified atom stereocenters. The zero-order chi connectivity index (χ0) is 28.5. The molecule has 212 valence electrons. The molecule has 1 fully saturated rings. The van der Waals surface area contributed by atoms with Crippen molar-refractivity contribution in [2.24, 2.45) is 0 Å². The molecular weight excluding hydrogens is 476 g/mol. The van der Waals surface area contributed by atoms with Gasteiger partial charge >= 0.3 is 11.9 Å². The Morgan fingerprint density at radius 1 is 0.722 bits per heavy atom. The number of carboxylic acid groups (broad SMARTS) is 2. The van der Waals surface area contributed by atoms with Gasteiger partial charge in [0.05, 0.1) is 19.6 Å². The Kier molecular flexibility index (Phi) is 27.4. The molecule has 1 aliphatic heterocycles. The number of rotatable bonds is 10. The Morgan fingerprint density at radius 3 is 1.42 bits per heavy atom. The van der Waals surface area contributed by atoms with Gasteiger partial charge in [0.25, 0.3) is 0 Å². The Hall–Kier alpha value is -2.29. The summed E-state index contributed by atoms with van der Waals surface area (Å²) in [5, 5.41) is 32.8. The number of hydrogen-bond acceptors (Lipinski definition) is 11. The van der Waals surface area contributed by atoms with Crippen LogP contribution in [0.1, 0.15) is 27.2 Å². The van der Waals surface area contributed by atoms with Crippen LogP contribution < -0.4 is 0 Å². The summed E-state index contributed by atoms with van der Waals surface area (Å²) in [5.74, 6) is -2.35. The van der Waals surface area contributed by atoms with Gasteiger partial charge in [0.2, 0.25) is 0 Å². The number of hydrogen-bond donors (Lipinski definition) is 4. The van der Waals surface area contributed by atoms with E-state index in [1.165, 1.54) is 6.92 Å². The number of aliphatic carboxylic acids is 2.